The summed E-state index contributed by atoms with van der Waals surface area (Å²) < 4.78 is 47.2. The summed E-state index contributed by atoms with van der Waals surface area (Å²) in [7, 11) is 7.19. The largest absolute Gasteiger partial charge is 0.495 e. The van der Waals surface area contributed by atoms with E-state index in [-0.39, 0.29) is 11.5 Å². The van der Waals surface area contributed by atoms with Crippen LogP contribution in [0, 0.1) is 6.92 Å². The Balaban J connectivity index is 1.58. The average Bonchev–Trinajstić information content (AvgIpc) is 3.04. The first-order valence-electron chi connectivity index (χ1n) is 14.8. The van der Waals surface area contributed by atoms with Crippen molar-refractivity contribution in [2.75, 3.05) is 57.3 Å². The molecule has 244 valence electrons. The van der Waals surface area contributed by atoms with Gasteiger partial charge in [0.15, 0.2) is 0 Å². The van der Waals surface area contributed by atoms with Gasteiger partial charge in [-0.25, -0.2) is 19.9 Å². The zero-order valence-corrected chi connectivity index (χ0v) is 26.7. The lowest BCUT2D eigenvalue weighted by Gasteiger charge is -2.24. The van der Waals surface area contributed by atoms with Gasteiger partial charge in [0.25, 0.3) is 5.91 Å². The van der Waals surface area contributed by atoms with Crippen molar-refractivity contribution in [3.8, 4) is 28.0 Å². The fraction of sp³-hybridized carbons (Fsp3) is 0.265. The number of aromatic nitrogens is 4. The monoisotopic (exact) mass is 644 g/mol. The molecule has 0 radical (unpaired) electrons. The summed E-state index contributed by atoms with van der Waals surface area (Å²) in [6.45, 7) is 3.24. The van der Waals surface area contributed by atoms with Crippen LogP contribution in [0.15, 0.2) is 67.4 Å². The summed E-state index contributed by atoms with van der Waals surface area (Å²) in [6, 6.07) is 10.4. The Hall–Kier alpha value is -5.30. The van der Waals surface area contributed by atoms with Crippen molar-refractivity contribution in [1.29, 1.82) is 0 Å². The maximum Gasteiger partial charge on any atom is 0.416 e. The van der Waals surface area contributed by atoms with Crippen molar-refractivity contribution in [3.05, 3.63) is 84.1 Å². The number of nitrogens with zero attached hydrogens (tertiary/aromatic N) is 6. The van der Waals surface area contributed by atoms with Gasteiger partial charge in [0.05, 0.1) is 29.3 Å². The van der Waals surface area contributed by atoms with E-state index in [1.807, 2.05) is 38.1 Å². The van der Waals surface area contributed by atoms with E-state index in [2.05, 4.69) is 25.3 Å². The lowest BCUT2D eigenvalue weighted by Crippen LogP contribution is -2.26. The Morgan fingerprint density at radius 2 is 1.72 bits per heavy atom. The fourth-order valence-corrected chi connectivity index (χ4v) is 5.44. The highest BCUT2D eigenvalue weighted by atomic mass is 19.4. The maximum absolute atomic E-state index is 13.7. The molecule has 0 saturated heterocycles. The molecule has 2 aromatic heterocycles. The minimum Gasteiger partial charge on any atom is -0.495 e. The van der Waals surface area contributed by atoms with Crippen LogP contribution in [0.25, 0.3) is 33.2 Å². The minimum absolute atomic E-state index is 0.0845. The highest BCUT2D eigenvalue weighted by molar-refractivity contribution is 6.09. The minimum atomic E-state index is -4.61. The smallest absolute Gasteiger partial charge is 0.416 e. The Morgan fingerprint density at radius 3 is 2.40 bits per heavy atom. The third-order valence-corrected chi connectivity index (χ3v) is 7.76. The van der Waals surface area contributed by atoms with Crippen LogP contribution in [0.1, 0.15) is 27.9 Å². The van der Waals surface area contributed by atoms with Crippen LogP contribution >= 0.6 is 0 Å². The predicted octanol–water partition coefficient (Wildman–Crippen LogP) is 6.31. The molecule has 0 spiro atoms. The van der Waals surface area contributed by atoms with Crippen LogP contribution in [0.2, 0.25) is 0 Å². The molecule has 0 aliphatic heterocycles. The van der Waals surface area contributed by atoms with Crippen LogP contribution < -0.4 is 20.7 Å². The summed E-state index contributed by atoms with van der Waals surface area (Å²) in [4.78, 5) is 34.5. The molecule has 3 aromatic carbocycles. The van der Waals surface area contributed by atoms with Crippen molar-refractivity contribution in [2.45, 2.75) is 19.5 Å². The molecule has 0 unspecified atom stereocenters. The second-order valence-electron chi connectivity index (χ2n) is 11.4. The van der Waals surface area contributed by atoms with Crippen molar-refractivity contribution < 1.29 is 22.7 Å². The Morgan fingerprint density at radius 1 is 0.979 bits per heavy atom. The first-order valence-corrected chi connectivity index (χ1v) is 14.8. The van der Waals surface area contributed by atoms with Gasteiger partial charge in [-0.1, -0.05) is 6.07 Å². The first-order chi connectivity index (χ1) is 22.4. The van der Waals surface area contributed by atoms with Crippen LogP contribution in [0.3, 0.4) is 0 Å². The molecule has 0 bridgehead atoms. The lowest BCUT2D eigenvalue weighted by atomic mass is 9.93. The van der Waals surface area contributed by atoms with E-state index in [0.29, 0.717) is 56.8 Å². The number of hydrogen-bond donors (Lipinski definition) is 2. The van der Waals surface area contributed by atoms with Gasteiger partial charge in [0.2, 0.25) is 5.95 Å². The number of alkyl halides is 3. The molecule has 0 atom stereocenters. The van der Waals surface area contributed by atoms with Gasteiger partial charge in [-0.2, -0.15) is 13.2 Å². The van der Waals surface area contributed by atoms with E-state index >= 15 is 0 Å². The third-order valence-electron chi connectivity index (χ3n) is 7.76. The van der Waals surface area contributed by atoms with Crippen molar-refractivity contribution in [3.63, 3.8) is 0 Å². The number of anilines is 3. The normalized spacial score (nSPS) is 11.6. The van der Waals surface area contributed by atoms with Gasteiger partial charge in [-0.3, -0.25) is 4.79 Å². The number of ether oxygens (including phenoxy) is 1. The molecule has 0 saturated carbocycles. The van der Waals surface area contributed by atoms with Crippen LogP contribution in [0.4, 0.5) is 30.5 Å². The van der Waals surface area contributed by atoms with E-state index in [1.54, 1.807) is 42.7 Å². The third kappa shape index (κ3) is 7.25. The zero-order valence-electron chi connectivity index (χ0n) is 26.7. The molecule has 1 amide bonds. The molecule has 13 heteroatoms. The van der Waals surface area contributed by atoms with Crippen LogP contribution in [-0.2, 0) is 6.18 Å². The van der Waals surface area contributed by atoms with Crippen molar-refractivity contribution in [2.24, 2.45) is 0 Å². The molecule has 0 fully saturated rings. The number of nitrogens with one attached hydrogen (secondary N) is 1. The number of halogens is 3. The highest BCUT2D eigenvalue weighted by Gasteiger charge is 2.32. The molecule has 2 heterocycles. The average molecular weight is 645 g/mol. The molecule has 0 aliphatic carbocycles. The first kappa shape index (κ1) is 33.1. The Labute approximate surface area is 270 Å². The predicted molar refractivity (Wildman–Crippen MR) is 178 cm³/mol. The molecule has 47 heavy (non-hydrogen) atoms. The van der Waals surface area contributed by atoms with Gasteiger partial charge >= 0.3 is 6.18 Å². The SMILES string of the molecule is COc1c(-c2cc(NC(=O)c3cc(C(F)(F)F)ccc3N(C)CCCN(C)C)ccc2C)cc2cnc(N)nc2c1-c1cncnc1. The molecule has 5 rings (SSSR count). The quantitative estimate of drug-likeness (QED) is 0.180. The number of hydrogen-bond acceptors (Lipinski definition) is 9. The second-order valence-corrected chi connectivity index (χ2v) is 11.4. The topological polar surface area (TPSA) is 122 Å². The maximum atomic E-state index is 13.7. The van der Waals surface area contributed by atoms with E-state index in [0.717, 1.165) is 30.7 Å². The van der Waals surface area contributed by atoms with Gasteiger partial charge in [0.1, 0.15) is 12.1 Å². The molecule has 5 aromatic rings. The van der Waals surface area contributed by atoms with Crippen molar-refractivity contribution in [1.82, 2.24) is 24.8 Å². The summed E-state index contributed by atoms with van der Waals surface area (Å²) in [5, 5.41) is 3.50. The molecule has 10 nitrogen and oxygen atoms in total. The van der Waals surface area contributed by atoms with Gasteiger partial charge in [0, 0.05) is 60.1 Å². The van der Waals surface area contributed by atoms with E-state index in [9.17, 15) is 18.0 Å². The van der Waals surface area contributed by atoms with Gasteiger partial charge < -0.3 is 25.6 Å². The molecule has 0 aliphatic rings. The molecular formula is C34H35F3N8O2. The second kappa shape index (κ2) is 13.6. The summed E-state index contributed by atoms with van der Waals surface area (Å²) >= 11 is 0. The van der Waals surface area contributed by atoms with E-state index in [4.69, 9.17) is 10.5 Å². The van der Waals surface area contributed by atoms with E-state index in [1.165, 1.54) is 19.5 Å². The number of amides is 1. The van der Waals surface area contributed by atoms with Gasteiger partial charge in [-0.15, -0.1) is 0 Å². The number of carbonyl (C=O) groups is 1. The summed E-state index contributed by atoms with van der Waals surface area (Å²) in [6.07, 6.45) is 2.45. The number of rotatable bonds is 10. The summed E-state index contributed by atoms with van der Waals surface area (Å²) in [5.74, 6) is -0.114. The number of methoxy groups -OCH3 is 1. The molecule has 3 N–H and O–H groups in total. The van der Waals surface area contributed by atoms with Crippen LogP contribution in [0.5, 0.6) is 5.75 Å². The zero-order chi connectivity index (χ0) is 33.9. The fourth-order valence-electron chi connectivity index (χ4n) is 5.44. The van der Waals surface area contributed by atoms with Crippen molar-refractivity contribution >= 4 is 34.1 Å². The number of fused-ring (bicyclic) bond motifs is 1. The standard InChI is InChI=1S/C34H35F3N8O2/c1-20-7-9-24(42-32(46)27-14-23(34(35,36)37)8-10-28(27)45(4)12-6-11-44(2)3)15-25(20)26-13-21-18-41-33(38)43-30(21)29(31(26)47-5)22-16-39-19-40-17-22/h7-10,13-19H,6,11-12H2,1-5H3,(H,42,46)(H2,38,41,43). The number of aryl methyl sites for hydroxylation is 1. The van der Waals surface area contributed by atoms with Crippen LogP contribution in [-0.4, -0.2) is 72.1 Å². The summed E-state index contributed by atoms with van der Waals surface area (Å²) in [5.41, 5.74) is 9.76. The lowest BCUT2D eigenvalue weighted by molar-refractivity contribution is -0.137. The van der Waals surface area contributed by atoms with Gasteiger partial charge in [-0.05, 0) is 81.5 Å². The highest BCUT2D eigenvalue weighted by Crippen LogP contribution is 2.45. The number of carbonyl (C=O) groups excluding carboxylic acids is 1. The Kier molecular flexibility index (Phi) is 9.56. The molecular weight excluding hydrogens is 609 g/mol. The van der Waals surface area contributed by atoms with E-state index < -0.39 is 17.6 Å². The number of nitrogen functional groups attached to an aromatic ring is 1. The Bertz CT molecular complexity index is 1920. The number of benzene rings is 3. The number of nitrogens with two attached hydrogens (primary N) is 1.